The number of hydrogen-bond acceptors (Lipinski definition) is 7. The number of halogens is 3. The number of hydrogen-bond donors (Lipinski definition) is 0. The molecular formula is C26H25Cl3N2O7S2. The van der Waals surface area contributed by atoms with Crippen molar-refractivity contribution in [3.63, 3.8) is 0 Å². The van der Waals surface area contributed by atoms with Crippen LogP contribution >= 0.6 is 34.8 Å². The lowest BCUT2D eigenvalue weighted by Gasteiger charge is -2.35. The molecule has 2 heterocycles. The standard InChI is InChI=1S/C25H24N2O7S2.CHCl3/c1-17-11-13-20(14-12-17)35(29,30)26-16-19(15-22(28)18-7-4-3-5-8-18)27-25(26)21-9-6-10-23(33-2)24(21)34-36(27,31)32;2-1(3)4/h3-14,19,25H,15-16H2,1-2H3;1H/t19-,25-;/m1./s1. The highest BCUT2D eigenvalue weighted by Gasteiger charge is 2.56. The van der Waals surface area contributed by atoms with Crippen molar-refractivity contribution in [3.05, 3.63) is 89.5 Å². The van der Waals surface area contributed by atoms with Crippen molar-refractivity contribution in [2.24, 2.45) is 0 Å². The summed E-state index contributed by atoms with van der Waals surface area (Å²) in [5.41, 5.74) is 1.60. The van der Waals surface area contributed by atoms with Gasteiger partial charge in [0.1, 0.15) is 6.17 Å². The van der Waals surface area contributed by atoms with Gasteiger partial charge in [0.2, 0.25) is 10.0 Å². The predicted octanol–water partition coefficient (Wildman–Crippen LogP) is 5.27. The smallest absolute Gasteiger partial charge is 0.387 e. The van der Waals surface area contributed by atoms with Crippen LogP contribution in [-0.2, 0) is 20.3 Å². The molecule has 2 atom stereocenters. The van der Waals surface area contributed by atoms with Crippen LogP contribution in [0, 0.1) is 6.92 Å². The summed E-state index contributed by atoms with van der Waals surface area (Å²) in [7, 11) is -7.25. The fraction of sp³-hybridized carbons (Fsp3) is 0.269. The minimum Gasteiger partial charge on any atom is -0.493 e. The molecule has 0 radical (unpaired) electrons. The molecule has 5 rings (SSSR count). The largest absolute Gasteiger partial charge is 0.493 e. The Labute approximate surface area is 248 Å². The van der Waals surface area contributed by atoms with Crippen LogP contribution < -0.4 is 8.92 Å². The lowest BCUT2D eigenvalue weighted by atomic mass is 10.0. The maximum absolute atomic E-state index is 13.8. The van der Waals surface area contributed by atoms with Gasteiger partial charge in [-0.25, -0.2) is 8.42 Å². The first kappa shape index (κ1) is 30.6. The molecule has 2 aliphatic rings. The van der Waals surface area contributed by atoms with Gasteiger partial charge >= 0.3 is 10.3 Å². The van der Waals surface area contributed by atoms with Gasteiger partial charge in [0.05, 0.1) is 18.0 Å². The normalized spacial score (nSPS) is 20.1. The van der Waals surface area contributed by atoms with E-state index in [1.165, 1.54) is 25.3 Å². The van der Waals surface area contributed by atoms with Gasteiger partial charge in [-0.2, -0.15) is 12.7 Å². The number of alkyl halides is 3. The van der Waals surface area contributed by atoms with Crippen molar-refractivity contribution in [1.82, 2.24) is 8.61 Å². The first-order chi connectivity index (χ1) is 18.9. The summed E-state index contributed by atoms with van der Waals surface area (Å²) in [6.07, 6.45) is -1.46. The first-order valence-electron chi connectivity index (χ1n) is 11.9. The molecule has 0 amide bonds. The lowest BCUT2D eigenvalue weighted by Crippen LogP contribution is -2.45. The third-order valence-corrected chi connectivity index (χ3v) is 9.59. The van der Waals surface area contributed by atoms with Crippen LogP contribution in [0.2, 0.25) is 0 Å². The van der Waals surface area contributed by atoms with Crippen molar-refractivity contribution in [2.45, 2.75) is 34.7 Å². The summed E-state index contributed by atoms with van der Waals surface area (Å²) in [4.78, 5) is 13.1. The van der Waals surface area contributed by atoms with Gasteiger partial charge < -0.3 is 8.92 Å². The van der Waals surface area contributed by atoms with Gasteiger partial charge in [-0.05, 0) is 25.1 Å². The Kier molecular flexibility index (Phi) is 9.35. The highest BCUT2D eigenvalue weighted by atomic mass is 35.6. The fourth-order valence-electron chi connectivity index (χ4n) is 4.63. The zero-order valence-corrected chi connectivity index (χ0v) is 25.2. The molecule has 0 N–H and O–H groups in total. The number of fused-ring (bicyclic) bond motifs is 3. The van der Waals surface area contributed by atoms with E-state index < -0.39 is 36.8 Å². The number of nitrogens with zero attached hydrogens (tertiary/aromatic N) is 2. The van der Waals surface area contributed by atoms with E-state index in [2.05, 4.69) is 0 Å². The molecule has 40 heavy (non-hydrogen) atoms. The van der Waals surface area contributed by atoms with Crippen LogP contribution in [0.1, 0.15) is 34.1 Å². The van der Waals surface area contributed by atoms with Crippen molar-refractivity contribution >= 4 is 60.9 Å². The quantitative estimate of drug-likeness (QED) is 0.265. The van der Waals surface area contributed by atoms with Crippen molar-refractivity contribution in [1.29, 1.82) is 0 Å². The van der Waals surface area contributed by atoms with Crippen LogP contribution in [0.25, 0.3) is 0 Å². The summed E-state index contributed by atoms with van der Waals surface area (Å²) >= 11 is 14.4. The number of carbonyl (C=O) groups excluding carboxylic acids is 1. The number of Topliss-reactive ketones (excluding diaryl/α,β-unsaturated/α-hetero) is 1. The minimum absolute atomic E-state index is 0.0245. The zero-order valence-electron chi connectivity index (χ0n) is 21.3. The Balaban J connectivity index is 0.000000867. The summed E-state index contributed by atoms with van der Waals surface area (Å²) in [5.74, 6) is -0.215. The molecule has 1 saturated heterocycles. The second kappa shape index (κ2) is 12.2. The number of methoxy groups -OCH3 is 1. The molecule has 3 aromatic carbocycles. The maximum Gasteiger partial charge on any atom is 0.387 e. The Morgan fingerprint density at radius 3 is 2.25 bits per heavy atom. The summed E-state index contributed by atoms with van der Waals surface area (Å²) < 4.78 is 66.5. The molecule has 214 valence electrons. The Bertz CT molecular complexity index is 1580. The molecular weight excluding hydrogens is 623 g/mol. The molecule has 9 nitrogen and oxygen atoms in total. The van der Waals surface area contributed by atoms with E-state index in [1.807, 2.05) is 6.92 Å². The van der Waals surface area contributed by atoms with Crippen LogP contribution in [0.5, 0.6) is 11.5 Å². The molecule has 0 unspecified atom stereocenters. The molecule has 0 spiro atoms. The van der Waals surface area contributed by atoms with Gasteiger partial charge in [0.15, 0.2) is 21.6 Å². The molecule has 3 aromatic rings. The van der Waals surface area contributed by atoms with E-state index >= 15 is 0 Å². The molecule has 0 aromatic heterocycles. The molecule has 14 heteroatoms. The minimum atomic E-state index is -4.47. The third-order valence-electron chi connectivity index (χ3n) is 6.36. The van der Waals surface area contributed by atoms with E-state index in [0.29, 0.717) is 11.1 Å². The van der Waals surface area contributed by atoms with Crippen molar-refractivity contribution in [3.8, 4) is 11.5 Å². The molecule has 1 fully saturated rings. The fourth-order valence-corrected chi connectivity index (χ4v) is 7.74. The second-order valence-corrected chi connectivity index (χ2v) is 14.2. The molecule has 0 aliphatic carbocycles. The summed E-state index contributed by atoms with van der Waals surface area (Å²) in [5, 5.41) is 0. The number of ether oxygens (including phenoxy) is 1. The molecule has 0 saturated carbocycles. The van der Waals surface area contributed by atoms with E-state index in [-0.39, 0.29) is 35.1 Å². The van der Waals surface area contributed by atoms with Gasteiger partial charge in [-0.3, -0.25) is 4.79 Å². The number of aryl methyl sites for hydroxylation is 1. The maximum atomic E-state index is 13.8. The number of ketones is 1. The monoisotopic (exact) mass is 646 g/mol. The number of carbonyl (C=O) groups is 1. The average molecular weight is 648 g/mol. The van der Waals surface area contributed by atoms with E-state index in [4.69, 9.17) is 43.7 Å². The second-order valence-electron chi connectivity index (χ2n) is 8.91. The van der Waals surface area contributed by atoms with Gasteiger partial charge in [0.25, 0.3) is 0 Å². The number of sulfonamides is 1. The third kappa shape index (κ3) is 6.25. The van der Waals surface area contributed by atoms with Crippen LogP contribution in [0.3, 0.4) is 0 Å². The van der Waals surface area contributed by atoms with Gasteiger partial charge in [-0.15, -0.1) is 4.31 Å². The number of rotatable bonds is 6. The lowest BCUT2D eigenvalue weighted by molar-refractivity contribution is 0.0956. The number of para-hydroxylation sites is 1. The Morgan fingerprint density at radius 1 is 1.02 bits per heavy atom. The summed E-state index contributed by atoms with van der Waals surface area (Å²) in [6.45, 7) is 1.62. The highest BCUT2D eigenvalue weighted by molar-refractivity contribution is 7.89. The van der Waals surface area contributed by atoms with Crippen molar-refractivity contribution < 1.29 is 30.6 Å². The van der Waals surface area contributed by atoms with Crippen LogP contribution in [0.15, 0.2) is 77.7 Å². The van der Waals surface area contributed by atoms with Crippen molar-refractivity contribution in [2.75, 3.05) is 13.7 Å². The van der Waals surface area contributed by atoms with Gasteiger partial charge in [0, 0.05) is 24.1 Å². The number of benzene rings is 3. The first-order valence-corrected chi connectivity index (χ1v) is 16.0. The molecule has 2 aliphatic heterocycles. The van der Waals surface area contributed by atoms with Crippen LogP contribution in [0.4, 0.5) is 0 Å². The predicted molar refractivity (Wildman–Crippen MR) is 153 cm³/mol. The zero-order chi connectivity index (χ0) is 29.2. The van der Waals surface area contributed by atoms with E-state index in [9.17, 15) is 21.6 Å². The van der Waals surface area contributed by atoms with E-state index in [1.54, 1.807) is 54.6 Å². The SMILES string of the molecule is COc1cccc2c1OS(=O)(=O)N1[C@H](CC(=O)c3ccccc3)CN(S(=O)(=O)c3ccc(C)cc3)[C@@H]21.ClC(Cl)Cl. The van der Waals surface area contributed by atoms with Crippen LogP contribution in [-0.4, -0.2) is 55.2 Å². The summed E-state index contributed by atoms with van der Waals surface area (Å²) in [6, 6.07) is 18.6. The Hall–Kier alpha value is -2.38. The Morgan fingerprint density at radius 2 is 1.65 bits per heavy atom. The van der Waals surface area contributed by atoms with Gasteiger partial charge in [-0.1, -0.05) is 95.0 Å². The van der Waals surface area contributed by atoms with E-state index in [0.717, 1.165) is 14.2 Å². The molecule has 0 bridgehead atoms. The average Bonchev–Trinajstić information content (AvgIpc) is 3.30. The highest BCUT2D eigenvalue weighted by Crippen LogP contribution is 2.50. The topological polar surface area (TPSA) is 110 Å².